The lowest BCUT2D eigenvalue weighted by atomic mass is 10.2. The van der Waals surface area contributed by atoms with Gasteiger partial charge in [-0.05, 0) is 49.4 Å². The molecule has 0 bridgehead atoms. The third-order valence-corrected chi connectivity index (χ3v) is 3.47. The molecular weight excluding hydrogens is 258 g/mol. The van der Waals surface area contributed by atoms with E-state index in [-0.39, 0.29) is 5.95 Å². The monoisotopic (exact) mass is 271 g/mol. The number of fused-ring (bicyclic) bond motifs is 1. The number of nitrogens with one attached hydrogen (secondary N) is 1. The SMILES string of the molecule is Cc1ccc2nc(Sc3cc(C)nc(N)n3)[nH]c2c1. The summed E-state index contributed by atoms with van der Waals surface area (Å²) in [7, 11) is 0. The molecule has 96 valence electrons. The van der Waals surface area contributed by atoms with Gasteiger partial charge in [0.25, 0.3) is 0 Å². The van der Waals surface area contributed by atoms with Crippen LogP contribution >= 0.6 is 11.8 Å². The summed E-state index contributed by atoms with van der Waals surface area (Å²) in [4.78, 5) is 16.0. The summed E-state index contributed by atoms with van der Waals surface area (Å²) in [5, 5.41) is 1.60. The fourth-order valence-corrected chi connectivity index (χ4v) is 2.73. The second-order valence-corrected chi connectivity index (χ2v) is 5.38. The number of aromatic nitrogens is 4. The van der Waals surface area contributed by atoms with E-state index in [1.54, 1.807) is 0 Å². The van der Waals surface area contributed by atoms with Crippen molar-refractivity contribution in [3.05, 3.63) is 35.5 Å². The van der Waals surface area contributed by atoms with Crippen LogP contribution in [-0.4, -0.2) is 19.9 Å². The number of aryl methyl sites for hydroxylation is 2. The van der Waals surface area contributed by atoms with Crippen molar-refractivity contribution in [3.63, 3.8) is 0 Å². The van der Waals surface area contributed by atoms with Gasteiger partial charge in [0.1, 0.15) is 5.03 Å². The van der Waals surface area contributed by atoms with Crippen LogP contribution in [0.3, 0.4) is 0 Å². The zero-order chi connectivity index (χ0) is 13.4. The van der Waals surface area contributed by atoms with Crippen LogP contribution in [0.1, 0.15) is 11.3 Å². The largest absolute Gasteiger partial charge is 0.368 e. The van der Waals surface area contributed by atoms with Crippen molar-refractivity contribution in [2.24, 2.45) is 0 Å². The molecule has 0 aliphatic carbocycles. The third-order valence-electron chi connectivity index (χ3n) is 2.66. The van der Waals surface area contributed by atoms with Crippen LogP contribution in [0, 0.1) is 13.8 Å². The van der Waals surface area contributed by atoms with Crippen LogP contribution in [0.5, 0.6) is 0 Å². The first-order valence-electron chi connectivity index (χ1n) is 5.85. The average molecular weight is 271 g/mol. The number of imidazole rings is 1. The highest BCUT2D eigenvalue weighted by atomic mass is 32.2. The highest BCUT2D eigenvalue weighted by Crippen LogP contribution is 2.26. The second kappa shape index (κ2) is 4.55. The molecule has 0 radical (unpaired) electrons. The average Bonchev–Trinajstić information content (AvgIpc) is 2.68. The van der Waals surface area contributed by atoms with Crippen LogP contribution < -0.4 is 5.73 Å². The summed E-state index contributed by atoms with van der Waals surface area (Å²) in [5.41, 5.74) is 9.67. The molecular formula is C13H13N5S. The van der Waals surface area contributed by atoms with E-state index in [2.05, 4.69) is 32.9 Å². The molecule has 1 aromatic carbocycles. The van der Waals surface area contributed by atoms with Gasteiger partial charge in [-0.25, -0.2) is 15.0 Å². The van der Waals surface area contributed by atoms with Crippen molar-refractivity contribution >= 4 is 28.7 Å². The van der Waals surface area contributed by atoms with Crippen molar-refractivity contribution in [2.75, 3.05) is 5.73 Å². The Balaban J connectivity index is 1.96. The topological polar surface area (TPSA) is 80.5 Å². The van der Waals surface area contributed by atoms with Crippen LogP contribution in [0.25, 0.3) is 11.0 Å². The van der Waals surface area contributed by atoms with Gasteiger partial charge >= 0.3 is 0 Å². The molecule has 3 rings (SSSR count). The first-order valence-corrected chi connectivity index (χ1v) is 6.67. The molecule has 2 heterocycles. The fraction of sp³-hybridized carbons (Fsp3) is 0.154. The molecule has 0 saturated heterocycles. The molecule has 3 N–H and O–H groups in total. The lowest BCUT2D eigenvalue weighted by molar-refractivity contribution is 1.01. The Morgan fingerprint density at radius 1 is 1.11 bits per heavy atom. The summed E-state index contributed by atoms with van der Waals surface area (Å²) in [6.45, 7) is 3.95. The van der Waals surface area contributed by atoms with E-state index in [1.165, 1.54) is 17.3 Å². The second-order valence-electron chi connectivity index (χ2n) is 4.37. The Labute approximate surface area is 114 Å². The summed E-state index contributed by atoms with van der Waals surface area (Å²) in [5.74, 6) is 0.287. The van der Waals surface area contributed by atoms with Crippen LogP contribution in [0.2, 0.25) is 0 Å². The number of hydrogen-bond acceptors (Lipinski definition) is 5. The van der Waals surface area contributed by atoms with Crippen molar-refractivity contribution in [2.45, 2.75) is 24.0 Å². The van der Waals surface area contributed by atoms with Gasteiger partial charge in [0, 0.05) is 5.69 Å². The Kier molecular flexibility index (Phi) is 2.87. The maximum atomic E-state index is 5.64. The first-order chi connectivity index (χ1) is 9.10. The van der Waals surface area contributed by atoms with Gasteiger partial charge in [-0.1, -0.05) is 6.07 Å². The smallest absolute Gasteiger partial charge is 0.221 e. The molecule has 6 heteroatoms. The maximum Gasteiger partial charge on any atom is 0.221 e. The molecule has 0 aliphatic heterocycles. The minimum atomic E-state index is 0.287. The molecule has 0 atom stereocenters. The Morgan fingerprint density at radius 3 is 2.74 bits per heavy atom. The maximum absolute atomic E-state index is 5.64. The Hall–Kier alpha value is -2.08. The van der Waals surface area contributed by atoms with Gasteiger partial charge in [-0.3, -0.25) is 0 Å². The number of nitrogen functional groups attached to an aromatic ring is 1. The predicted octanol–water partition coefficient (Wildman–Crippen LogP) is 2.70. The number of hydrogen-bond donors (Lipinski definition) is 2. The van der Waals surface area contributed by atoms with Gasteiger partial charge in [0.15, 0.2) is 5.16 Å². The number of aromatic amines is 1. The van der Waals surface area contributed by atoms with Gasteiger partial charge in [-0.15, -0.1) is 0 Å². The van der Waals surface area contributed by atoms with Gasteiger partial charge in [0.05, 0.1) is 11.0 Å². The van der Waals surface area contributed by atoms with E-state index in [0.717, 1.165) is 26.9 Å². The zero-order valence-corrected chi connectivity index (χ0v) is 11.5. The minimum absolute atomic E-state index is 0.287. The van der Waals surface area contributed by atoms with Gasteiger partial charge in [0.2, 0.25) is 5.95 Å². The van der Waals surface area contributed by atoms with E-state index in [4.69, 9.17) is 5.73 Å². The highest BCUT2D eigenvalue weighted by Gasteiger charge is 2.07. The van der Waals surface area contributed by atoms with E-state index < -0.39 is 0 Å². The number of anilines is 1. The van der Waals surface area contributed by atoms with Gasteiger partial charge in [-0.2, -0.15) is 0 Å². The zero-order valence-electron chi connectivity index (χ0n) is 10.6. The normalized spacial score (nSPS) is 11.1. The summed E-state index contributed by atoms with van der Waals surface area (Å²) >= 11 is 1.45. The molecule has 2 aromatic heterocycles. The molecule has 5 nitrogen and oxygen atoms in total. The molecule has 0 unspecified atom stereocenters. The number of nitrogens with two attached hydrogens (primary N) is 1. The quantitative estimate of drug-likeness (QED) is 0.700. The standard InChI is InChI=1S/C13H13N5S/c1-7-3-4-9-10(5-7)17-13(16-9)19-11-6-8(2)15-12(14)18-11/h3-6H,1-2H3,(H,16,17)(H2,14,15,18). The minimum Gasteiger partial charge on any atom is -0.368 e. The lowest BCUT2D eigenvalue weighted by Crippen LogP contribution is -1.97. The summed E-state index contributed by atoms with van der Waals surface area (Å²) in [6.07, 6.45) is 0. The number of H-pyrrole nitrogens is 1. The molecule has 0 spiro atoms. The van der Waals surface area contributed by atoms with Crippen molar-refractivity contribution < 1.29 is 0 Å². The first kappa shape index (κ1) is 12.0. The van der Waals surface area contributed by atoms with Crippen LogP contribution in [-0.2, 0) is 0 Å². The third kappa shape index (κ3) is 2.53. The molecule has 0 fully saturated rings. The predicted molar refractivity (Wildman–Crippen MR) is 76.1 cm³/mol. The van der Waals surface area contributed by atoms with Crippen molar-refractivity contribution in [3.8, 4) is 0 Å². The van der Waals surface area contributed by atoms with Crippen LogP contribution in [0.15, 0.2) is 34.4 Å². The van der Waals surface area contributed by atoms with E-state index in [9.17, 15) is 0 Å². The lowest BCUT2D eigenvalue weighted by Gasteiger charge is -1.99. The summed E-state index contributed by atoms with van der Waals surface area (Å²) in [6, 6.07) is 8.01. The molecule has 0 amide bonds. The Bertz CT molecular complexity index is 730. The van der Waals surface area contributed by atoms with E-state index in [1.807, 2.05) is 25.1 Å². The fourth-order valence-electron chi connectivity index (χ4n) is 1.86. The molecule has 0 saturated carbocycles. The van der Waals surface area contributed by atoms with Gasteiger partial charge < -0.3 is 10.7 Å². The van der Waals surface area contributed by atoms with E-state index >= 15 is 0 Å². The Morgan fingerprint density at radius 2 is 1.95 bits per heavy atom. The van der Waals surface area contributed by atoms with Crippen molar-refractivity contribution in [1.29, 1.82) is 0 Å². The molecule has 19 heavy (non-hydrogen) atoms. The number of nitrogens with zero attached hydrogens (tertiary/aromatic N) is 3. The summed E-state index contributed by atoms with van der Waals surface area (Å²) < 4.78 is 0. The van der Waals surface area contributed by atoms with E-state index in [0.29, 0.717) is 0 Å². The number of benzene rings is 1. The highest BCUT2D eigenvalue weighted by molar-refractivity contribution is 7.99. The van der Waals surface area contributed by atoms with Crippen molar-refractivity contribution in [1.82, 2.24) is 19.9 Å². The number of rotatable bonds is 2. The molecule has 0 aliphatic rings. The van der Waals surface area contributed by atoms with Crippen LogP contribution in [0.4, 0.5) is 5.95 Å². The molecule has 3 aromatic rings.